The molecule has 1 fully saturated rings. The highest BCUT2D eigenvalue weighted by atomic mass is 35.5. The molecule has 0 aromatic carbocycles. The number of carboxylic acid groups (broad SMARTS) is 1. The Hall–Kier alpha value is -1.37. The fourth-order valence-corrected chi connectivity index (χ4v) is 2.44. The zero-order valence-electron chi connectivity index (χ0n) is 11.0. The number of aromatic nitrogens is 1. The highest BCUT2D eigenvalue weighted by Gasteiger charge is 2.21. The minimum absolute atomic E-state index is 0.0258. The van der Waals surface area contributed by atoms with Crippen molar-refractivity contribution in [3.8, 4) is 0 Å². The molecule has 0 unspecified atom stereocenters. The molecular weight excluding hydrogens is 284 g/mol. The second-order valence-electron chi connectivity index (χ2n) is 4.62. The van der Waals surface area contributed by atoms with Gasteiger partial charge in [-0.3, -0.25) is 0 Å². The molecular formula is C13H17ClN2O4. The lowest BCUT2D eigenvalue weighted by Crippen LogP contribution is -2.38. The van der Waals surface area contributed by atoms with Crippen LogP contribution in [0, 0.1) is 0 Å². The molecule has 1 aliphatic rings. The molecule has 1 aromatic rings. The number of piperidine rings is 1. The first-order valence-corrected chi connectivity index (χ1v) is 6.86. The predicted molar refractivity (Wildman–Crippen MR) is 74.5 cm³/mol. The highest BCUT2D eigenvalue weighted by molar-refractivity contribution is 6.29. The molecule has 2 rings (SSSR count). The number of carbonyl (C=O) groups is 1. The van der Waals surface area contributed by atoms with Gasteiger partial charge in [-0.1, -0.05) is 11.6 Å². The lowest BCUT2D eigenvalue weighted by Gasteiger charge is -2.32. The average molecular weight is 301 g/mol. The Morgan fingerprint density at radius 1 is 1.45 bits per heavy atom. The Kier molecular flexibility index (Phi) is 5.17. The number of aliphatic hydroxyl groups is 1. The summed E-state index contributed by atoms with van der Waals surface area (Å²) in [6.45, 7) is 1.83. The van der Waals surface area contributed by atoms with Crippen molar-refractivity contribution in [2.24, 2.45) is 0 Å². The minimum atomic E-state index is -1.02. The molecule has 6 nitrogen and oxygen atoms in total. The number of hydrogen-bond donors (Lipinski definition) is 2. The van der Waals surface area contributed by atoms with E-state index in [-0.39, 0.29) is 23.4 Å². The molecule has 1 aromatic heterocycles. The van der Waals surface area contributed by atoms with Gasteiger partial charge in [0.05, 0.1) is 24.9 Å². The third kappa shape index (κ3) is 3.82. The molecule has 20 heavy (non-hydrogen) atoms. The van der Waals surface area contributed by atoms with Gasteiger partial charge in [0.2, 0.25) is 0 Å². The Morgan fingerprint density at radius 3 is 2.75 bits per heavy atom. The summed E-state index contributed by atoms with van der Waals surface area (Å²) >= 11 is 5.86. The maximum Gasteiger partial charge on any atom is 0.335 e. The van der Waals surface area contributed by atoms with Crippen LogP contribution in [0.4, 0.5) is 5.82 Å². The Balaban J connectivity index is 2.01. The van der Waals surface area contributed by atoms with E-state index in [2.05, 4.69) is 4.98 Å². The van der Waals surface area contributed by atoms with Crippen LogP contribution < -0.4 is 4.90 Å². The number of nitrogens with zero attached hydrogens (tertiary/aromatic N) is 2. The van der Waals surface area contributed by atoms with Crippen molar-refractivity contribution in [1.29, 1.82) is 0 Å². The van der Waals surface area contributed by atoms with Crippen LogP contribution in [0.5, 0.6) is 0 Å². The molecule has 0 bridgehead atoms. The minimum Gasteiger partial charge on any atom is -0.478 e. The van der Waals surface area contributed by atoms with Crippen molar-refractivity contribution in [3.63, 3.8) is 0 Å². The van der Waals surface area contributed by atoms with Crippen LogP contribution in [0.3, 0.4) is 0 Å². The number of hydrogen-bond acceptors (Lipinski definition) is 5. The fraction of sp³-hybridized carbons (Fsp3) is 0.538. The second-order valence-corrected chi connectivity index (χ2v) is 5.01. The van der Waals surface area contributed by atoms with Crippen LogP contribution in [0.2, 0.25) is 5.15 Å². The van der Waals surface area contributed by atoms with Crippen LogP contribution in [0.25, 0.3) is 0 Å². The molecule has 110 valence electrons. The van der Waals surface area contributed by atoms with Gasteiger partial charge >= 0.3 is 5.97 Å². The van der Waals surface area contributed by atoms with Crippen LogP contribution in [0.15, 0.2) is 12.1 Å². The van der Waals surface area contributed by atoms with Crippen molar-refractivity contribution in [1.82, 2.24) is 4.98 Å². The number of pyridine rings is 1. The summed E-state index contributed by atoms with van der Waals surface area (Å²) in [6, 6.07) is 2.87. The molecule has 0 atom stereocenters. The van der Waals surface area contributed by atoms with E-state index in [9.17, 15) is 4.79 Å². The number of ether oxygens (including phenoxy) is 1. The summed E-state index contributed by atoms with van der Waals surface area (Å²) < 4.78 is 5.48. The normalized spacial score (nSPS) is 16.4. The van der Waals surface area contributed by atoms with Gasteiger partial charge in [0.15, 0.2) is 0 Å². The molecule has 1 aliphatic heterocycles. The monoisotopic (exact) mass is 300 g/mol. The first-order valence-electron chi connectivity index (χ1n) is 6.48. The molecule has 2 N–H and O–H groups in total. The van der Waals surface area contributed by atoms with Gasteiger partial charge in [0.25, 0.3) is 0 Å². The molecule has 0 spiro atoms. The zero-order chi connectivity index (χ0) is 14.5. The van der Waals surface area contributed by atoms with Gasteiger partial charge in [-0.15, -0.1) is 0 Å². The summed E-state index contributed by atoms with van der Waals surface area (Å²) in [4.78, 5) is 17.2. The molecule has 0 saturated carbocycles. The number of halogens is 1. The van der Waals surface area contributed by atoms with Gasteiger partial charge in [-0.2, -0.15) is 0 Å². The van der Waals surface area contributed by atoms with Crippen LogP contribution in [-0.2, 0) is 4.74 Å². The van der Waals surface area contributed by atoms with E-state index in [0.717, 1.165) is 25.9 Å². The van der Waals surface area contributed by atoms with Crippen molar-refractivity contribution < 1.29 is 19.7 Å². The van der Waals surface area contributed by atoms with E-state index in [1.54, 1.807) is 0 Å². The molecule has 1 saturated heterocycles. The SMILES string of the molecule is O=C(O)c1cc(Cl)nc(N2CCC(OCCO)CC2)c1. The van der Waals surface area contributed by atoms with Gasteiger partial charge in [0.1, 0.15) is 11.0 Å². The molecule has 0 amide bonds. The van der Waals surface area contributed by atoms with Gasteiger partial charge in [-0.05, 0) is 25.0 Å². The topological polar surface area (TPSA) is 82.9 Å². The number of aromatic carboxylic acids is 1. The molecule has 7 heteroatoms. The van der Waals surface area contributed by atoms with Crippen LogP contribution >= 0.6 is 11.6 Å². The average Bonchev–Trinajstić information content (AvgIpc) is 2.45. The van der Waals surface area contributed by atoms with Crippen LogP contribution in [-0.4, -0.2) is 53.6 Å². The number of anilines is 1. The van der Waals surface area contributed by atoms with Gasteiger partial charge in [0, 0.05) is 13.1 Å². The van der Waals surface area contributed by atoms with E-state index in [1.165, 1.54) is 12.1 Å². The zero-order valence-corrected chi connectivity index (χ0v) is 11.7. The Labute approximate surface area is 121 Å². The van der Waals surface area contributed by atoms with Crippen molar-refractivity contribution in [2.45, 2.75) is 18.9 Å². The van der Waals surface area contributed by atoms with Gasteiger partial charge < -0.3 is 19.8 Å². The third-order valence-electron chi connectivity index (χ3n) is 3.24. The standard InChI is InChI=1S/C13H17ClN2O4/c14-11-7-9(13(18)19)8-12(15-11)16-3-1-10(2-4-16)20-6-5-17/h7-8,10,17H,1-6H2,(H,18,19). The quantitative estimate of drug-likeness (QED) is 0.800. The summed E-state index contributed by atoms with van der Waals surface area (Å²) in [6.07, 6.45) is 1.77. The van der Waals surface area contributed by atoms with E-state index < -0.39 is 5.97 Å². The Bertz CT molecular complexity index is 475. The van der Waals surface area contributed by atoms with Crippen molar-refractivity contribution in [2.75, 3.05) is 31.2 Å². The summed E-state index contributed by atoms with van der Waals surface area (Å²) in [5.41, 5.74) is 0.138. The number of aliphatic hydroxyl groups excluding tert-OH is 1. The lowest BCUT2D eigenvalue weighted by atomic mass is 10.1. The van der Waals surface area contributed by atoms with Crippen molar-refractivity contribution >= 4 is 23.4 Å². The van der Waals surface area contributed by atoms with E-state index in [0.29, 0.717) is 12.4 Å². The summed E-state index contributed by atoms with van der Waals surface area (Å²) in [5, 5.41) is 17.9. The first-order chi connectivity index (χ1) is 9.60. The van der Waals surface area contributed by atoms with Crippen LogP contribution in [0.1, 0.15) is 23.2 Å². The maximum absolute atomic E-state index is 11.0. The summed E-state index contributed by atoms with van der Waals surface area (Å²) in [7, 11) is 0. The van der Waals surface area contributed by atoms with Crippen molar-refractivity contribution in [3.05, 3.63) is 22.8 Å². The summed E-state index contributed by atoms with van der Waals surface area (Å²) in [5.74, 6) is -0.438. The molecule has 0 aliphatic carbocycles. The Morgan fingerprint density at radius 2 is 2.15 bits per heavy atom. The predicted octanol–water partition coefficient (Wildman–Crippen LogP) is 1.41. The number of rotatable bonds is 5. The maximum atomic E-state index is 11.0. The number of carboxylic acids is 1. The third-order valence-corrected chi connectivity index (χ3v) is 3.43. The highest BCUT2D eigenvalue weighted by Crippen LogP contribution is 2.23. The van der Waals surface area contributed by atoms with E-state index >= 15 is 0 Å². The lowest BCUT2D eigenvalue weighted by molar-refractivity contribution is 0.0158. The largest absolute Gasteiger partial charge is 0.478 e. The van der Waals surface area contributed by atoms with E-state index in [1.807, 2.05) is 4.90 Å². The van der Waals surface area contributed by atoms with Gasteiger partial charge in [-0.25, -0.2) is 9.78 Å². The second kappa shape index (κ2) is 6.88. The van der Waals surface area contributed by atoms with E-state index in [4.69, 9.17) is 26.6 Å². The molecule has 2 heterocycles. The first kappa shape index (κ1) is 15.0. The smallest absolute Gasteiger partial charge is 0.335 e. The fourth-order valence-electron chi connectivity index (χ4n) is 2.24. The molecule has 0 radical (unpaired) electrons.